The Morgan fingerprint density at radius 2 is 2.15 bits per heavy atom. The zero-order chi connectivity index (χ0) is 9.84. The summed E-state index contributed by atoms with van der Waals surface area (Å²) in [6.45, 7) is 4.99. The Morgan fingerprint density at radius 3 is 2.69 bits per heavy atom. The summed E-state index contributed by atoms with van der Waals surface area (Å²) < 4.78 is 5.22. The van der Waals surface area contributed by atoms with E-state index >= 15 is 0 Å². The van der Waals surface area contributed by atoms with Crippen molar-refractivity contribution in [3.63, 3.8) is 0 Å². The smallest absolute Gasteiger partial charge is 0.171 e. The maximum atomic E-state index is 5.22. The Labute approximate surface area is 79.3 Å². The van der Waals surface area contributed by atoms with Crippen molar-refractivity contribution in [2.45, 2.75) is 13.8 Å². The number of anilines is 1. The van der Waals surface area contributed by atoms with E-state index < -0.39 is 0 Å². The van der Waals surface area contributed by atoms with Gasteiger partial charge in [0.05, 0.1) is 7.11 Å². The average molecular weight is 180 g/mol. The minimum absolute atomic E-state index is 0.829. The summed E-state index contributed by atoms with van der Waals surface area (Å²) in [5.74, 6) is 1.74. The Bertz CT molecular complexity index is 286. The van der Waals surface area contributed by atoms with Gasteiger partial charge in [0, 0.05) is 19.3 Å². The van der Waals surface area contributed by atoms with Gasteiger partial charge in [-0.3, -0.25) is 0 Å². The van der Waals surface area contributed by atoms with E-state index in [1.165, 1.54) is 0 Å². The van der Waals surface area contributed by atoms with Crippen LogP contribution in [0.5, 0.6) is 5.75 Å². The number of pyridine rings is 1. The highest BCUT2D eigenvalue weighted by atomic mass is 16.5. The fourth-order valence-electron chi connectivity index (χ4n) is 1.11. The van der Waals surface area contributed by atoms with Gasteiger partial charge in [0.15, 0.2) is 11.6 Å². The van der Waals surface area contributed by atoms with Gasteiger partial charge < -0.3 is 9.64 Å². The molecule has 0 saturated carbocycles. The number of rotatable bonds is 3. The van der Waals surface area contributed by atoms with Crippen LogP contribution in [-0.2, 0) is 0 Å². The number of methoxy groups -OCH3 is 1. The molecule has 0 atom stereocenters. The van der Waals surface area contributed by atoms with Crippen LogP contribution >= 0.6 is 0 Å². The molecule has 0 N–H and O–H groups in total. The van der Waals surface area contributed by atoms with E-state index in [-0.39, 0.29) is 0 Å². The summed E-state index contributed by atoms with van der Waals surface area (Å²) >= 11 is 0. The molecule has 0 amide bonds. The van der Waals surface area contributed by atoms with Crippen LogP contribution < -0.4 is 9.64 Å². The highest BCUT2D eigenvalue weighted by molar-refractivity contribution is 5.52. The molecule has 0 spiro atoms. The van der Waals surface area contributed by atoms with Crippen molar-refractivity contribution in [1.29, 1.82) is 0 Å². The molecular weight excluding hydrogens is 164 g/mol. The van der Waals surface area contributed by atoms with E-state index in [1.54, 1.807) is 7.11 Å². The fourth-order valence-corrected chi connectivity index (χ4v) is 1.11. The van der Waals surface area contributed by atoms with Gasteiger partial charge in [0.25, 0.3) is 0 Å². The molecule has 0 bridgehead atoms. The van der Waals surface area contributed by atoms with E-state index in [9.17, 15) is 0 Å². The molecule has 0 aromatic carbocycles. The molecule has 0 saturated heterocycles. The van der Waals surface area contributed by atoms with Crippen molar-refractivity contribution in [2.75, 3.05) is 25.6 Å². The van der Waals surface area contributed by atoms with Gasteiger partial charge in [-0.2, -0.15) is 0 Å². The van der Waals surface area contributed by atoms with Gasteiger partial charge in [-0.05, 0) is 26.0 Å². The quantitative estimate of drug-likeness (QED) is 0.710. The van der Waals surface area contributed by atoms with E-state index in [4.69, 9.17) is 4.74 Å². The van der Waals surface area contributed by atoms with Crippen molar-refractivity contribution < 1.29 is 4.74 Å². The molecular formula is C10H16N2O. The molecule has 1 aromatic rings. The lowest BCUT2D eigenvalue weighted by Gasteiger charge is -2.18. The average Bonchev–Trinajstić information content (AvgIpc) is 2.16. The van der Waals surface area contributed by atoms with Crippen LogP contribution in [0.1, 0.15) is 12.6 Å². The Hall–Kier alpha value is -1.25. The number of aryl methyl sites for hydroxylation is 1. The molecule has 1 heterocycles. The highest BCUT2D eigenvalue weighted by Gasteiger charge is 2.07. The van der Waals surface area contributed by atoms with E-state index in [2.05, 4.69) is 16.8 Å². The third kappa shape index (κ3) is 2.11. The second-order valence-electron chi connectivity index (χ2n) is 2.99. The SMILES string of the molecule is CCN(C)c1nc(C)ccc1OC. The molecule has 0 radical (unpaired) electrons. The first-order valence-electron chi connectivity index (χ1n) is 4.41. The van der Waals surface area contributed by atoms with Crippen LogP contribution in [0.3, 0.4) is 0 Å². The highest BCUT2D eigenvalue weighted by Crippen LogP contribution is 2.24. The molecule has 1 rings (SSSR count). The molecule has 0 aliphatic carbocycles. The van der Waals surface area contributed by atoms with Crippen LogP contribution in [0, 0.1) is 6.92 Å². The zero-order valence-corrected chi connectivity index (χ0v) is 8.66. The van der Waals surface area contributed by atoms with E-state index in [0.29, 0.717) is 0 Å². The molecule has 3 nitrogen and oxygen atoms in total. The molecule has 0 aliphatic heterocycles. The molecule has 0 unspecified atom stereocenters. The zero-order valence-electron chi connectivity index (χ0n) is 8.66. The van der Waals surface area contributed by atoms with Crippen molar-refractivity contribution in [3.05, 3.63) is 17.8 Å². The molecule has 0 aliphatic rings. The first kappa shape index (κ1) is 9.84. The molecule has 3 heteroatoms. The summed E-state index contributed by atoms with van der Waals surface area (Å²) in [6.07, 6.45) is 0. The lowest BCUT2D eigenvalue weighted by atomic mass is 10.3. The predicted octanol–water partition coefficient (Wildman–Crippen LogP) is 1.85. The number of ether oxygens (including phenoxy) is 1. The van der Waals surface area contributed by atoms with Gasteiger partial charge in [-0.15, -0.1) is 0 Å². The first-order valence-corrected chi connectivity index (χ1v) is 4.41. The van der Waals surface area contributed by atoms with Crippen molar-refractivity contribution in [1.82, 2.24) is 4.98 Å². The van der Waals surface area contributed by atoms with Gasteiger partial charge in [0.2, 0.25) is 0 Å². The first-order chi connectivity index (χ1) is 6.19. The lowest BCUT2D eigenvalue weighted by Crippen LogP contribution is -2.18. The Morgan fingerprint density at radius 1 is 1.46 bits per heavy atom. The maximum absolute atomic E-state index is 5.22. The van der Waals surface area contributed by atoms with Gasteiger partial charge >= 0.3 is 0 Å². The number of aromatic nitrogens is 1. The monoisotopic (exact) mass is 180 g/mol. The van der Waals surface area contributed by atoms with Gasteiger partial charge in [0.1, 0.15) is 0 Å². The van der Waals surface area contributed by atoms with Crippen molar-refractivity contribution in [2.24, 2.45) is 0 Å². The number of hydrogen-bond donors (Lipinski definition) is 0. The standard InChI is InChI=1S/C10H16N2O/c1-5-12(3)10-9(13-4)7-6-8(2)11-10/h6-7H,5H2,1-4H3. The van der Waals surface area contributed by atoms with E-state index in [0.717, 1.165) is 23.8 Å². The normalized spacial score (nSPS) is 9.85. The molecule has 13 heavy (non-hydrogen) atoms. The lowest BCUT2D eigenvalue weighted by molar-refractivity contribution is 0.413. The fraction of sp³-hybridized carbons (Fsp3) is 0.500. The summed E-state index contributed by atoms with van der Waals surface area (Å²) in [6, 6.07) is 3.90. The summed E-state index contributed by atoms with van der Waals surface area (Å²) in [4.78, 5) is 6.48. The second-order valence-corrected chi connectivity index (χ2v) is 2.99. The van der Waals surface area contributed by atoms with Crippen LogP contribution in [0.15, 0.2) is 12.1 Å². The third-order valence-corrected chi connectivity index (χ3v) is 2.03. The van der Waals surface area contributed by atoms with Crippen LogP contribution in [0.25, 0.3) is 0 Å². The van der Waals surface area contributed by atoms with Crippen molar-refractivity contribution >= 4 is 5.82 Å². The van der Waals surface area contributed by atoms with Crippen LogP contribution in [-0.4, -0.2) is 25.7 Å². The van der Waals surface area contributed by atoms with Gasteiger partial charge in [-0.25, -0.2) is 4.98 Å². The van der Waals surface area contributed by atoms with Crippen molar-refractivity contribution in [3.8, 4) is 5.75 Å². The topological polar surface area (TPSA) is 25.4 Å². The number of hydrogen-bond acceptors (Lipinski definition) is 3. The molecule has 1 aromatic heterocycles. The minimum atomic E-state index is 0.829. The Balaban J connectivity index is 3.07. The predicted molar refractivity (Wildman–Crippen MR) is 54.5 cm³/mol. The molecule has 0 fully saturated rings. The van der Waals surface area contributed by atoms with E-state index in [1.807, 2.05) is 26.1 Å². The third-order valence-electron chi connectivity index (χ3n) is 2.03. The Kier molecular flexibility index (Phi) is 3.12. The second kappa shape index (κ2) is 4.12. The van der Waals surface area contributed by atoms with Gasteiger partial charge in [-0.1, -0.05) is 0 Å². The summed E-state index contributed by atoms with van der Waals surface area (Å²) in [5.41, 5.74) is 1.01. The largest absolute Gasteiger partial charge is 0.493 e. The van der Waals surface area contributed by atoms with Crippen LogP contribution in [0.4, 0.5) is 5.82 Å². The van der Waals surface area contributed by atoms with Crippen LogP contribution in [0.2, 0.25) is 0 Å². The summed E-state index contributed by atoms with van der Waals surface area (Å²) in [7, 11) is 3.67. The minimum Gasteiger partial charge on any atom is -0.493 e. The maximum Gasteiger partial charge on any atom is 0.171 e. The summed E-state index contributed by atoms with van der Waals surface area (Å²) in [5, 5.41) is 0. The molecule has 72 valence electrons. The number of nitrogens with zero attached hydrogens (tertiary/aromatic N) is 2.